The molecule has 2 N–H and O–H groups in total. The Balaban J connectivity index is 2.01. The van der Waals surface area contributed by atoms with E-state index in [0.29, 0.717) is 10.7 Å². The maximum Gasteiger partial charge on any atom is 0.325 e. The van der Waals surface area contributed by atoms with Gasteiger partial charge in [-0.15, -0.1) is 0 Å². The highest BCUT2D eigenvalue weighted by Crippen LogP contribution is 2.19. The van der Waals surface area contributed by atoms with Gasteiger partial charge in [0.25, 0.3) is 5.91 Å². The van der Waals surface area contributed by atoms with E-state index in [-0.39, 0.29) is 13.1 Å². The lowest BCUT2D eigenvalue weighted by molar-refractivity contribution is -0.128. The average molecular weight is 282 g/mol. The summed E-state index contributed by atoms with van der Waals surface area (Å²) in [6.45, 7) is 1.44. The molecule has 0 atom stereocenters. The number of nitrogens with zero attached hydrogens (tertiary/aromatic N) is 1. The molecule has 19 heavy (non-hydrogen) atoms. The zero-order valence-corrected chi connectivity index (χ0v) is 11.0. The Morgan fingerprint density at radius 2 is 2.21 bits per heavy atom. The number of aryl methyl sites for hydroxylation is 1. The predicted octanol–water partition coefficient (Wildman–Crippen LogP) is 1.14. The van der Waals surface area contributed by atoms with Crippen molar-refractivity contribution in [3.8, 4) is 0 Å². The Hall–Kier alpha value is -2.08. The van der Waals surface area contributed by atoms with Gasteiger partial charge in [0.2, 0.25) is 5.91 Å². The van der Waals surface area contributed by atoms with Crippen molar-refractivity contribution in [1.82, 2.24) is 10.2 Å². The summed E-state index contributed by atoms with van der Waals surface area (Å²) in [6, 6.07) is 4.48. The summed E-state index contributed by atoms with van der Waals surface area (Å²) in [6.07, 6.45) is 0. The number of nitrogens with one attached hydrogen (secondary N) is 2. The fraction of sp³-hybridized carbons (Fsp3) is 0.250. The van der Waals surface area contributed by atoms with Crippen LogP contribution in [0.25, 0.3) is 0 Å². The van der Waals surface area contributed by atoms with Crippen molar-refractivity contribution in [2.24, 2.45) is 0 Å². The number of carbonyl (C=O) groups is 3. The average Bonchev–Trinajstić information content (AvgIpc) is 2.65. The van der Waals surface area contributed by atoms with Gasteiger partial charge in [-0.25, -0.2) is 4.79 Å². The Labute approximate surface area is 114 Å². The molecule has 100 valence electrons. The highest BCUT2D eigenvalue weighted by atomic mass is 35.5. The third kappa shape index (κ3) is 3.03. The van der Waals surface area contributed by atoms with E-state index in [1.807, 2.05) is 0 Å². The lowest BCUT2D eigenvalue weighted by atomic mass is 10.2. The molecule has 6 nitrogen and oxygen atoms in total. The van der Waals surface area contributed by atoms with E-state index in [0.717, 1.165) is 10.5 Å². The second-order valence-electron chi connectivity index (χ2n) is 4.15. The molecule has 2 rings (SSSR count). The number of rotatable bonds is 3. The van der Waals surface area contributed by atoms with Crippen LogP contribution in [0.1, 0.15) is 5.56 Å². The van der Waals surface area contributed by atoms with Crippen LogP contribution >= 0.6 is 11.6 Å². The van der Waals surface area contributed by atoms with Crippen molar-refractivity contribution in [2.75, 3.05) is 18.4 Å². The Morgan fingerprint density at radius 3 is 2.79 bits per heavy atom. The van der Waals surface area contributed by atoms with Crippen LogP contribution in [0.15, 0.2) is 18.2 Å². The second-order valence-corrected chi connectivity index (χ2v) is 4.58. The second kappa shape index (κ2) is 5.27. The van der Waals surface area contributed by atoms with Gasteiger partial charge in [0.05, 0.1) is 6.54 Å². The van der Waals surface area contributed by atoms with Crippen molar-refractivity contribution >= 4 is 35.1 Å². The Kier molecular flexibility index (Phi) is 3.71. The molecular weight excluding hydrogens is 270 g/mol. The van der Waals surface area contributed by atoms with Gasteiger partial charge in [-0.1, -0.05) is 11.6 Å². The first-order chi connectivity index (χ1) is 8.97. The first-order valence-corrected chi connectivity index (χ1v) is 5.99. The molecule has 0 radical (unpaired) electrons. The van der Waals surface area contributed by atoms with Crippen molar-refractivity contribution in [1.29, 1.82) is 0 Å². The quantitative estimate of drug-likeness (QED) is 0.816. The van der Waals surface area contributed by atoms with Crippen molar-refractivity contribution < 1.29 is 14.4 Å². The number of urea groups is 1. The van der Waals surface area contributed by atoms with Crippen molar-refractivity contribution in [3.63, 3.8) is 0 Å². The predicted molar refractivity (Wildman–Crippen MR) is 69.9 cm³/mol. The number of anilines is 1. The smallest absolute Gasteiger partial charge is 0.325 e. The van der Waals surface area contributed by atoms with Gasteiger partial charge in [-0.3, -0.25) is 14.5 Å². The summed E-state index contributed by atoms with van der Waals surface area (Å²) in [5, 5.41) is 5.56. The fourth-order valence-corrected chi connectivity index (χ4v) is 1.94. The molecule has 0 spiro atoms. The number of carbonyl (C=O) groups excluding carboxylic acids is 3. The van der Waals surface area contributed by atoms with Crippen LogP contribution in [0.2, 0.25) is 5.02 Å². The van der Waals surface area contributed by atoms with Gasteiger partial charge >= 0.3 is 6.03 Å². The maximum atomic E-state index is 11.8. The minimum absolute atomic E-state index is 0.0634. The largest absolute Gasteiger partial charge is 0.329 e. The van der Waals surface area contributed by atoms with Crippen LogP contribution in [-0.4, -0.2) is 35.8 Å². The molecule has 1 aliphatic heterocycles. The SMILES string of the molecule is Cc1cc(Cl)ccc1NC(=O)CN1C(=O)CNC1=O. The zero-order chi connectivity index (χ0) is 14.0. The van der Waals surface area contributed by atoms with Gasteiger partial charge in [0.1, 0.15) is 6.54 Å². The van der Waals surface area contributed by atoms with Crippen LogP contribution in [0, 0.1) is 6.92 Å². The van der Waals surface area contributed by atoms with E-state index in [1.54, 1.807) is 25.1 Å². The summed E-state index contributed by atoms with van der Waals surface area (Å²) in [5.74, 6) is -0.844. The van der Waals surface area contributed by atoms with Gasteiger partial charge < -0.3 is 10.6 Å². The molecule has 0 aromatic heterocycles. The number of amides is 4. The van der Waals surface area contributed by atoms with Crippen LogP contribution in [-0.2, 0) is 9.59 Å². The van der Waals surface area contributed by atoms with E-state index < -0.39 is 17.8 Å². The summed E-state index contributed by atoms with van der Waals surface area (Å²) >= 11 is 5.81. The number of benzene rings is 1. The monoisotopic (exact) mass is 281 g/mol. The summed E-state index contributed by atoms with van der Waals surface area (Å²) < 4.78 is 0. The fourth-order valence-electron chi connectivity index (χ4n) is 1.72. The van der Waals surface area contributed by atoms with E-state index in [9.17, 15) is 14.4 Å². The van der Waals surface area contributed by atoms with E-state index in [2.05, 4.69) is 10.6 Å². The molecule has 0 aliphatic carbocycles. The summed E-state index contributed by atoms with van der Waals surface area (Å²) in [7, 11) is 0. The summed E-state index contributed by atoms with van der Waals surface area (Å²) in [5.41, 5.74) is 1.40. The highest BCUT2D eigenvalue weighted by molar-refractivity contribution is 6.30. The summed E-state index contributed by atoms with van der Waals surface area (Å²) in [4.78, 5) is 35.3. The zero-order valence-electron chi connectivity index (χ0n) is 10.2. The third-order valence-corrected chi connectivity index (χ3v) is 2.94. The first kappa shape index (κ1) is 13.4. The molecule has 0 unspecified atom stereocenters. The van der Waals surface area contributed by atoms with Gasteiger partial charge in [0.15, 0.2) is 0 Å². The Morgan fingerprint density at radius 1 is 1.47 bits per heavy atom. The Bertz CT molecular complexity index is 543. The van der Waals surface area contributed by atoms with Gasteiger partial charge in [-0.05, 0) is 30.7 Å². The lowest BCUT2D eigenvalue weighted by Gasteiger charge is -2.13. The highest BCUT2D eigenvalue weighted by Gasteiger charge is 2.30. The molecule has 7 heteroatoms. The number of hydrogen-bond acceptors (Lipinski definition) is 3. The van der Waals surface area contributed by atoms with E-state index >= 15 is 0 Å². The molecule has 4 amide bonds. The van der Waals surface area contributed by atoms with Crippen LogP contribution in [0.4, 0.5) is 10.5 Å². The lowest BCUT2D eigenvalue weighted by Crippen LogP contribution is -2.38. The van der Waals surface area contributed by atoms with Gasteiger partial charge in [0, 0.05) is 10.7 Å². The molecule has 1 fully saturated rings. The third-order valence-electron chi connectivity index (χ3n) is 2.70. The van der Waals surface area contributed by atoms with E-state index in [4.69, 9.17) is 11.6 Å². The van der Waals surface area contributed by atoms with Crippen molar-refractivity contribution in [3.05, 3.63) is 28.8 Å². The molecule has 1 aromatic rings. The maximum absolute atomic E-state index is 11.8. The topological polar surface area (TPSA) is 78.5 Å². The van der Waals surface area contributed by atoms with Gasteiger partial charge in [-0.2, -0.15) is 0 Å². The molecule has 0 bridgehead atoms. The number of hydrogen-bond donors (Lipinski definition) is 2. The first-order valence-electron chi connectivity index (χ1n) is 5.61. The van der Waals surface area contributed by atoms with Crippen LogP contribution in [0.3, 0.4) is 0 Å². The van der Waals surface area contributed by atoms with Crippen LogP contribution < -0.4 is 10.6 Å². The van der Waals surface area contributed by atoms with Crippen LogP contribution in [0.5, 0.6) is 0 Å². The number of imide groups is 1. The molecular formula is C12H12ClN3O3. The molecule has 1 aliphatic rings. The molecule has 1 aromatic carbocycles. The normalized spacial score (nSPS) is 14.5. The number of halogens is 1. The molecule has 1 heterocycles. The van der Waals surface area contributed by atoms with Crippen molar-refractivity contribution in [2.45, 2.75) is 6.92 Å². The standard InChI is InChI=1S/C12H12ClN3O3/c1-7-4-8(13)2-3-9(7)15-10(17)6-16-11(18)5-14-12(16)19/h2-4H,5-6H2,1H3,(H,14,19)(H,15,17). The molecule has 1 saturated heterocycles. The molecule has 0 saturated carbocycles. The minimum atomic E-state index is -0.548. The van der Waals surface area contributed by atoms with E-state index in [1.165, 1.54) is 0 Å². The minimum Gasteiger partial charge on any atom is -0.329 e.